The van der Waals surface area contributed by atoms with Crippen LogP contribution in [0.2, 0.25) is 0 Å². The molecule has 1 aromatic rings. The van der Waals surface area contributed by atoms with Crippen molar-refractivity contribution < 1.29 is 0 Å². The number of pyridine rings is 1. The van der Waals surface area contributed by atoms with Crippen LogP contribution in [0, 0.1) is 0 Å². The van der Waals surface area contributed by atoms with Gasteiger partial charge in [-0.15, -0.1) is 21.0 Å². The minimum absolute atomic E-state index is 0.0955. The van der Waals surface area contributed by atoms with Gasteiger partial charge in [0.05, 0.1) is 9.79 Å². The summed E-state index contributed by atoms with van der Waals surface area (Å²) in [6, 6.07) is 0. The van der Waals surface area contributed by atoms with Gasteiger partial charge in [0.2, 0.25) is 5.43 Å². The van der Waals surface area contributed by atoms with Crippen LogP contribution in [0.4, 0.5) is 0 Å². The maximum Gasteiger partial charge on any atom is 0.208 e. The molecule has 0 radical (unpaired) electrons. The zero-order chi connectivity index (χ0) is 11.7. The van der Waals surface area contributed by atoms with Crippen LogP contribution in [0.25, 0.3) is 0 Å². The molecule has 88 valence electrons. The number of aromatic amines is 1. The van der Waals surface area contributed by atoms with E-state index in [1.165, 1.54) is 0 Å². The molecule has 3 rings (SSSR count). The first kappa shape index (κ1) is 11.0. The van der Waals surface area contributed by atoms with Crippen molar-refractivity contribution in [3.63, 3.8) is 0 Å². The lowest BCUT2D eigenvalue weighted by Gasteiger charge is -2.05. The monoisotopic (exact) mass is 263 g/mol. The maximum absolute atomic E-state index is 12.4. The predicted octanol–water partition coefficient (Wildman–Crippen LogP) is 3.07. The molecule has 0 spiro atoms. The van der Waals surface area contributed by atoms with Crippen molar-refractivity contribution in [3.05, 3.63) is 45.6 Å². The van der Waals surface area contributed by atoms with E-state index in [0.717, 1.165) is 22.6 Å². The van der Waals surface area contributed by atoms with Crippen LogP contribution in [-0.4, -0.2) is 15.7 Å². The summed E-state index contributed by atoms with van der Waals surface area (Å²) in [6.45, 7) is 0. The summed E-state index contributed by atoms with van der Waals surface area (Å²) in [5.74, 6) is 0. The minimum Gasteiger partial charge on any atom is -0.365 e. The topological polar surface area (TPSA) is 32.9 Å². The second-order valence-electron chi connectivity index (χ2n) is 3.80. The highest BCUT2D eigenvalue weighted by Gasteiger charge is 2.11. The number of nitrogens with one attached hydrogen (secondary N) is 1. The molecule has 2 atom stereocenters. The zero-order valence-corrected chi connectivity index (χ0v) is 10.9. The van der Waals surface area contributed by atoms with Gasteiger partial charge in [0.15, 0.2) is 0 Å². The van der Waals surface area contributed by atoms with E-state index in [1.54, 1.807) is 0 Å². The van der Waals surface area contributed by atoms with E-state index in [-0.39, 0.29) is 26.4 Å². The lowest BCUT2D eigenvalue weighted by atomic mass is 10.5. The van der Waals surface area contributed by atoms with Crippen molar-refractivity contribution in [2.75, 3.05) is 0 Å². The highest BCUT2D eigenvalue weighted by atomic mass is 32.2. The second-order valence-corrected chi connectivity index (χ2v) is 7.38. The summed E-state index contributed by atoms with van der Waals surface area (Å²) in [6.07, 6.45) is 9.90. The summed E-state index contributed by atoms with van der Waals surface area (Å²) < 4.78 is 0. The average Bonchev–Trinajstić information content (AvgIpc) is 3.02. The van der Waals surface area contributed by atoms with Gasteiger partial charge in [-0.1, -0.05) is 12.2 Å². The van der Waals surface area contributed by atoms with Gasteiger partial charge in [-0.2, -0.15) is 0 Å². The molecule has 0 fully saturated rings. The van der Waals surface area contributed by atoms with Gasteiger partial charge in [0.25, 0.3) is 0 Å². The summed E-state index contributed by atoms with van der Waals surface area (Å²) in [5, 5.41) is 8.66. The maximum atomic E-state index is 12.4. The van der Waals surface area contributed by atoms with Gasteiger partial charge >= 0.3 is 0 Å². The molecule has 1 N–H and O–H groups in total. The number of aromatic nitrogens is 1. The van der Waals surface area contributed by atoms with Gasteiger partial charge in [-0.05, 0) is 34.4 Å². The summed E-state index contributed by atoms with van der Waals surface area (Å²) in [7, 11) is -0.191. The predicted molar refractivity (Wildman–Crippen MR) is 78.4 cm³/mol. The molecular formula is C13H13NOS2. The van der Waals surface area contributed by atoms with Crippen molar-refractivity contribution >= 4 is 31.7 Å². The molecule has 17 heavy (non-hydrogen) atoms. The standard InChI is InChI=1S/C13H13NOS2/c15-13-11(16-5-1-2-6-16)9-14-10-12(13)17-7-3-4-8-17/h1,3,5-10H,2,4H2,(H,14,15). The molecule has 0 bridgehead atoms. The summed E-state index contributed by atoms with van der Waals surface area (Å²) >= 11 is 0. The van der Waals surface area contributed by atoms with E-state index in [4.69, 9.17) is 0 Å². The lowest BCUT2D eigenvalue weighted by Crippen LogP contribution is -2.08. The Morgan fingerprint density at radius 2 is 1.47 bits per heavy atom. The van der Waals surface area contributed by atoms with Gasteiger partial charge in [0, 0.05) is 12.4 Å². The minimum atomic E-state index is -0.0955. The molecule has 0 amide bonds. The molecule has 0 saturated carbocycles. The Hall–Kier alpha value is -1.13. The highest BCUT2D eigenvalue weighted by Crippen LogP contribution is 2.32. The molecule has 2 nitrogen and oxygen atoms in total. The Balaban J connectivity index is 2.13. The molecule has 4 heteroatoms. The molecule has 2 unspecified atom stereocenters. The van der Waals surface area contributed by atoms with Gasteiger partial charge < -0.3 is 4.98 Å². The van der Waals surface area contributed by atoms with Crippen LogP contribution < -0.4 is 5.43 Å². The third-order valence-electron chi connectivity index (χ3n) is 2.69. The lowest BCUT2D eigenvalue weighted by molar-refractivity contribution is 1.11. The van der Waals surface area contributed by atoms with Crippen LogP contribution in [0.5, 0.6) is 0 Å². The molecule has 0 aliphatic carbocycles. The second kappa shape index (κ2) is 4.63. The number of hydrogen-bond donors (Lipinski definition) is 1. The Labute approximate surface area is 105 Å². The third kappa shape index (κ3) is 2.03. The number of allylic oxidation sites excluding steroid dienone is 2. The van der Waals surface area contributed by atoms with Crippen molar-refractivity contribution in [2.24, 2.45) is 0 Å². The first-order chi connectivity index (χ1) is 8.36. The molecule has 2 aliphatic heterocycles. The van der Waals surface area contributed by atoms with Crippen LogP contribution in [0.1, 0.15) is 12.8 Å². The fraction of sp³-hybridized carbons (Fsp3) is 0.154. The normalized spacial score (nSPS) is 25.9. The van der Waals surface area contributed by atoms with Crippen molar-refractivity contribution in [3.8, 4) is 0 Å². The van der Waals surface area contributed by atoms with E-state index < -0.39 is 0 Å². The zero-order valence-electron chi connectivity index (χ0n) is 9.26. The average molecular weight is 263 g/mol. The van der Waals surface area contributed by atoms with Crippen LogP contribution in [-0.2, 0) is 0 Å². The molecule has 0 aromatic carbocycles. The van der Waals surface area contributed by atoms with Gasteiger partial charge in [-0.3, -0.25) is 4.79 Å². The van der Waals surface area contributed by atoms with Gasteiger partial charge in [0.1, 0.15) is 0 Å². The first-order valence-electron chi connectivity index (χ1n) is 5.51. The third-order valence-corrected chi connectivity index (χ3v) is 6.39. The van der Waals surface area contributed by atoms with Crippen LogP contribution in [0.15, 0.2) is 49.9 Å². The number of H-pyrrole nitrogens is 1. The summed E-state index contributed by atoms with van der Waals surface area (Å²) in [5.41, 5.74) is 0.209. The molecule has 2 aliphatic rings. The van der Waals surface area contributed by atoms with Crippen LogP contribution in [0.3, 0.4) is 0 Å². The van der Waals surface area contributed by atoms with Gasteiger partial charge in [-0.25, -0.2) is 0 Å². The molecular weight excluding hydrogens is 250 g/mol. The van der Waals surface area contributed by atoms with Crippen molar-refractivity contribution in [2.45, 2.75) is 22.6 Å². The highest BCUT2D eigenvalue weighted by molar-refractivity contribution is 8.18. The van der Waals surface area contributed by atoms with Crippen molar-refractivity contribution in [1.29, 1.82) is 0 Å². The summed E-state index contributed by atoms with van der Waals surface area (Å²) in [4.78, 5) is 17.4. The fourth-order valence-electron chi connectivity index (χ4n) is 1.87. The molecule has 1 aromatic heterocycles. The molecule has 0 saturated heterocycles. The van der Waals surface area contributed by atoms with Crippen molar-refractivity contribution in [1.82, 2.24) is 4.98 Å². The van der Waals surface area contributed by atoms with E-state index in [9.17, 15) is 4.79 Å². The number of rotatable bonds is 2. The van der Waals surface area contributed by atoms with E-state index >= 15 is 0 Å². The Morgan fingerprint density at radius 3 is 1.88 bits per heavy atom. The van der Waals surface area contributed by atoms with Crippen LogP contribution >= 0.6 is 21.0 Å². The SMILES string of the molecule is O=c1c(S2=CCC=C2)c[nH]cc1S1=CCC=C1. The quantitative estimate of drug-likeness (QED) is 0.817. The van der Waals surface area contributed by atoms with E-state index in [2.05, 4.69) is 38.7 Å². The molecule has 3 heterocycles. The van der Waals surface area contributed by atoms with E-state index in [1.807, 2.05) is 12.4 Å². The Kier molecular flexibility index (Phi) is 2.99. The first-order valence-corrected chi connectivity index (χ1v) is 8.21. The largest absolute Gasteiger partial charge is 0.365 e. The fourth-order valence-corrected chi connectivity index (χ4v) is 5.14. The Bertz CT molecular complexity index is 584. The Morgan fingerprint density at radius 1 is 0.941 bits per heavy atom. The smallest absolute Gasteiger partial charge is 0.208 e. The number of hydrogen-bond acceptors (Lipinski definition) is 1. The van der Waals surface area contributed by atoms with E-state index in [0.29, 0.717) is 0 Å².